The van der Waals surface area contributed by atoms with E-state index in [1.807, 2.05) is 30.3 Å². The van der Waals surface area contributed by atoms with Gasteiger partial charge in [0.2, 0.25) is 0 Å². The number of ether oxygens (including phenoxy) is 1. The Morgan fingerprint density at radius 1 is 1.19 bits per heavy atom. The molecule has 1 aromatic rings. The average molecular weight is 215 g/mol. The van der Waals surface area contributed by atoms with E-state index in [0.29, 0.717) is 25.3 Å². The molecule has 16 heavy (non-hydrogen) atoms. The number of hydrogen-bond donors (Lipinski definition) is 1. The van der Waals surface area contributed by atoms with E-state index in [-0.39, 0.29) is 6.61 Å². The third-order valence-electron chi connectivity index (χ3n) is 1.99. The summed E-state index contributed by atoms with van der Waals surface area (Å²) in [6.07, 6.45) is 0.487. The van der Waals surface area contributed by atoms with Crippen LogP contribution >= 0.6 is 0 Å². The summed E-state index contributed by atoms with van der Waals surface area (Å²) >= 11 is 0. The van der Waals surface area contributed by atoms with Crippen molar-refractivity contribution in [1.29, 1.82) is 10.5 Å². The van der Waals surface area contributed by atoms with E-state index in [1.165, 1.54) is 0 Å². The summed E-state index contributed by atoms with van der Waals surface area (Å²) in [5, 5.41) is 20.0. The topological polar surface area (TPSA) is 68.8 Å². The highest BCUT2D eigenvalue weighted by atomic mass is 16.5. The van der Waals surface area contributed by atoms with Crippen LogP contribution in [0, 0.1) is 22.7 Å². The Hall–Kier alpha value is -2.04. The van der Waals surface area contributed by atoms with Crippen molar-refractivity contribution in [1.82, 2.24) is 5.32 Å². The summed E-state index contributed by atoms with van der Waals surface area (Å²) in [4.78, 5) is 0. The molecule has 0 unspecified atom stereocenters. The molecule has 0 aliphatic rings. The van der Waals surface area contributed by atoms with Crippen LogP contribution in [0.5, 0.6) is 5.75 Å². The molecule has 0 fully saturated rings. The maximum atomic E-state index is 8.44. The van der Waals surface area contributed by atoms with Gasteiger partial charge in [-0.1, -0.05) is 18.2 Å². The number of nitriles is 2. The SMILES string of the molecule is N#CCCNCc1ccccc1OCC#N. The quantitative estimate of drug-likeness (QED) is 0.732. The molecule has 0 aliphatic carbocycles. The number of para-hydroxylation sites is 1. The zero-order valence-corrected chi connectivity index (χ0v) is 8.94. The van der Waals surface area contributed by atoms with Gasteiger partial charge in [0.25, 0.3) is 0 Å². The van der Waals surface area contributed by atoms with Crippen molar-refractivity contribution in [3.8, 4) is 17.9 Å². The number of nitrogens with zero attached hydrogens (tertiary/aromatic N) is 2. The van der Waals surface area contributed by atoms with Crippen molar-refractivity contribution in [2.75, 3.05) is 13.2 Å². The fourth-order valence-electron chi connectivity index (χ4n) is 1.27. The van der Waals surface area contributed by atoms with Crippen LogP contribution in [0.15, 0.2) is 24.3 Å². The first kappa shape index (κ1) is 12.0. The van der Waals surface area contributed by atoms with Crippen LogP contribution in [-0.2, 0) is 6.54 Å². The highest BCUT2D eigenvalue weighted by molar-refractivity contribution is 5.33. The second kappa shape index (κ2) is 7.28. The fourth-order valence-corrected chi connectivity index (χ4v) is 1.27. The molecule has 4 heteroatoms. The molecular weight excluding hydrogens is 202 g/mol. The normalized spacial score (nSPS) is 9.12. The van der Waals surface area contributed by atoms with Crippen LogP contribution in [0.2, 0.25) is 0 Å². The lowest BCUT2D eigenvalue weighted by Crippen LogP contribution is -2.15. The molecule has 0 atom stereocenters. The minimum Gasteiger partial charge on any atom is -0.478 e. The lowest BCUT2D eigenvalue weighted by atomic mass is 10.2. The van der Waals surface area contributed by atoms with Gasteiger partial charge in [0.05, 0.1) is 6.07 Å². The molecule has 82 valence electrons. The second-order valence-corrected chi connectivity index (χ2v) is 3.14. The minimum absolute atomic E-state index is 0.0508. The van der Waals surface area contributed by atoms with Crippen LogP contribution in [0.3, 0.4) is 0 Å². The first-order valence-corrected chi connectivity index (χ1v) is 5.04. The predicted octanol–water partition coefficient (Wildman–Crippen LogP) is 1.59. The molecule has 0 amide bonds. The number of hydrogen-bond acceptors (Lipinski definition) is 4. The van der Waals surface area contributed by atoms with Crippen LogP contribution in [0.1, 0.15) is 12.0 Å². The molecule has 0 heterocycles. The zero-order chi connectivity index (χ0) is 11.6. The van der Waals surface area contributed by atoms with E-state index in [2.05, 4.69) is 11.4 Å². The Kier molecular flexibility index (Phi) is 5.47. The minimum atomic E-state index is 0.0508. The van der Waals surface area contributed by atoms with Gasteiger partial charge in [-0.3, -0.25) is 0 Å². The van der Waals surface area contributed by atoms with Crippen LogP contribution < -0.4 is 10.1 Å². The van der Waals surface area contributed by atoms with Gasteiger partial charge in [-0.2, -0.15) is 10.5 Å². The fraction of sp³-hybridized carbons (Fsp3) is 0.333. The van der Waals surface area contributed by atoms with E-state index in [1.54, 1.807) is 0 Å². The highest BCUT2D eigenvalue weighted by Gasteiger charge is 2.01. The number of rotatable bonds is 6. The maximum Gasteiger partial charge on any atom is 0.174 e. The van der Waals surface area contributed by atoms with Gasteiger partial charge < -0.3 is 10.1 Å². The zero-order valence-electron chi connectivity index (χ0n) is 8.94. The van der Waals surface area contributed by atoms with Crippen molar-refractivity contribution < 1.29 is 4.74 Å². The van der Waals surface area contributed by atoms with Gasteiger partial charge in [-0.05, 0) is 6.07 Å². The predicted molar refractivity (Wildman–Crippen MR) is 59.5 cm³/mol. The lowest BCUT2D eigenvalue weighted by Gasteiger charge is -2.09. The summed E-state index contributed by atoms with van der Waals surface area (Å²) in [5.74, 6) is 0.716. The molecule has 1 aromatic carbocycles. The molecule has 4 nitrogen and oxygen atoms in total. The lowest BCUT2D eigenvalue weighted by molar-refractivity contribution is 0.362. The second-order valence-electron chi connectivity index (χ2n) is 3.14. The van der Waals surface area contributed by atoms with Gasteiger partial charge in [0.1, 0.15) is 11.8 Å². The van der Waals surface area contributed by atoms with E-state index in [0.717, 1.165) is 5.56 Å². The van der Waals surface area contributed by atoms with Crippen molar-refractivity contribution in [2.45, 2.75) is 13.0 Å². The molecule has 0 bridgehead atoms. The molecule has 0 radical (unpaired) electrons. The highest BCUT2D eigenvalue weighted by Crippen LogP contribution is 2.17. The summed E-state index contributed by atoms with van der Waals surface area (Å²) in [5.41, 5.74) is 0.996. The van der Waals surface area contributed by atoms with E-state index >= 15 is 0 Å². The summed E-state index contributed by atoms with van der Waals surface area (Å²) in [6.45, 7) is 1.35. The monoisotopic (exact) mass is 215 g/mol. The number of benzene rings is 1. The molecular formula is C12H13N3O. The van der Waals surface area contributed by atoms with E-state index < -0.39 is 0 Å². The summed E-state index contributed by atoms with van der Waals surface area (Å²) in [7, 11) is 0. The number of nitrogens with one attached hydrogen (secondary N) is 1. The average Bonchev–Trinajstić information content (AvgIpc) is 2.33. The van der Waals surface area contributed by atoms with Gasteiger partial charge >= 0.3 is 0 Å². The molecule has 1 rings (SSSR count). The van der Waals surface area contributed by atoms with Gasteiger partial charge in [-0.15, -0.1) is 0 Å². The Morgan fingerprint density at radius 2 is 2.00 bits per heavy atom. The van der Waals surface area contributed by atoms with Crippen LogP contribution in [0.25, 0.3) is 0 Å². The standard InChI is InChI=1S/C12H13N3O/c13-6-3-8-15-10-11-4-1-2-5-12(11)16-9-7-14/h1-2,4-5,15H,3,8-10H2. The van der Waals surface area contributed by atoms with Crippen molar-refractivity contribution in [3.05, 3.63) is 29.8 Å². The van der Waals surface area contributed by atoms with Gasteiger partial charge in [-0.25, -0.2) is 0 Å². The Morgan fingerprint density at radius 3 is 2.75 bits per heavy atom. The molecule has 0 spiro atoms. The Labute approximate surface area is 95.1 Å². The van der Waals surface area contributed by atoms with Crippen molar-refractivity contribution in [3.63, 3.8) is 0 Å². The smallest absolute Gasteiger partial charge is 0.174 e. The molecule has 1 N–H and O–H groups in total. The molecule has 0 aliphatic heterocycles. The first-order valence-electron chi connectivity index (χ1n) is 5.04. The van der Waals surface area contributed by atoms with Gasteiger partial charge in [0.15, 0.2) is 6.61 Å². The Balaban J connectivity index is 2.51. The Bertz CT molecular complexity index is 403. The summed E-state index contributed by atoms with van der Waals surface area (Å²) in [6, 6.07) is 11.6. The van der Waals surface area contributed by atoms with Crippen LogP contribution in [0.4, 0.5) is 0 Å². The van der Waals surface area contributed by atoms with E-state index in [9.17, 15) is 0 Å². The first-order chi connectivity index (χ1) is 7.88. The van der Waals surface area contributed by atoms with Crippen LogP contribution in [-0.4, -0.2) is 13.2 Å². The van der Waals surface area contributed by atoms with Crippen molar-refractivity contribution in [2.24, 2.45) is 0 Å². The third-order valence-corrected chi connectivity index (χ3v) is 1.99. The molecule has 0 saturated heterocycles. The molecule has 0 saturated carbocycles. The molecule has 0 aromatic heterocycles. The largest absolute Gasteiger partial charge is 0.478 e. The van der Waals surface area contributed by atoms with Crippen molar-refractivity contribution >= 4 is 0 Å². The third kappa shape index (κ3) is 4.00. The summed E-state index contributed by atoms with van der Waals surface area (Å²) < 4.78 is 5.28. The van der Waals surface area contributed by atoms with Gasteiger partial charge in [0, 0.05) is 25.1 Å². The maximum absolute atomic E-state index is 8.44. The van der Waals surface area contributed by atoms with E-state index in [4.69, 9.17) is 15.3 Å².